The van der Waals surface area contributed by atoms with Gasteiger partial charge < -0.3 is 19.6 Å². The molecule has 0 aliphatic carbocycles. The molecule has 0 radical (unpaired) electrons. The number of aliphatic imine (C=N–C) groups is 1. The Labute approximate surface area is 261 Å². The number of amides is 1. The molecule has 1 fully saturated rings. The average molecular weight is 616 g/mol. The van der Waals surface area contributed by atoms with Gasteiger partial charge in [0.25, 0.3) is 5.91 Å². The summed E-state index contributed by atoms with van der Waals surface area (Å²) >= 11 is 13.1. The van der Waals surface area contributed by atoms with E-state index in [0.717, 1.165) is 65.4 Å². The number of hydrogen-bond donors (Lipinski definition) is 1. The van der Waals surface area contributed by atoms with E-state index in [2.05, 4.69) is 4.90 Å². The van der Waals surface area contributed by atoms with E-state index in [1.165, 1.54) is 0 Å². The second-order valence-corrected chi connectivity index (χ2v) is 11.7. The zero-order chi connectivity index (χ0) is 29.9. The minimum atomic E-state index is -0.734. The van der Waals surface area contributed by atoms with E-state index in [9.17, 15) is 9.90 Å². The van der Waals surface area contributed by atoms with Crippen LogP contribution in [0.3, 0.4) is 0 Å². The lowest BCUT2D eigenvalue weighted by Crippen LogP contribution is -2.38. The number of carbonyl (C=O) groups is 1. The number of nitrogens with zero attached hydrogens (tertiary/aromatic N) is 4. The van der Waals surface area contributed by atoms with Gasteiger partial charge in [0.1, 0.15) is 17.6 Å². The maximum Gasteiger partial charge on any atom is 0.252 e. The summed E-state index contributed by atoms with van der Waals surface area (Å²) < 4.78 is 5.33. The number of anilines is 2. The summed E-state index contributed by atoms with van der Waals surface area (Å²) in [5.41, 5.74) is 4.71. The maximum absolute atomic E-state index is 14.4. The molecule has 43 heavy (non-hydrogen) atoms. The molecular formula is C34H32Cl2N4O3. The summed E-state index contributed by atoms with van der Waals surface area (Å²) in [6.07, 6.45) is 3.32. The van der Waals surface area contributed by atoms with Gasteiger partial charge in [0, 0.05) is 46.9 Å². The second kappa shape index (κ2) is 12.8. The monoisotopic (exact) mass is 614 g/mol. The van der Waals surface area contributed by atoms with Crippen molar-refractivity contribution >= 4 is 46.3 Å². The number of carbonyl (C=O) groups excluding carboxylic acids is 1. The van der Waals surface area contributed by atoms with Crippen LogP contribution in [0.1, 0.15) is 35.1 Å². The maximum atomic E-state index is 14.4. The first-order chi connectivity index (χ1) is 20.9. The molecule has 7 nitrogen and oxygen atoms in total. The smallest absolute Gasteiger partial charge is 0.252 e. The summed E-state index contributed by atoms with van der Waals surface area (Å²) in [7, 11) is 1.63. The van der Waals surface area contributed by atoms with Crippen molar-refractivity contribution in [2.24, 2.45) is 4.99 Å². The van der Waals surface area contributed by atoms with Gasteiger partial charge in [0.2, 0.25) is 0 Å². The highest BCUT2D eigenvalue weighted by molar-refractivity contribution is 6.32. The Balaban J connectivity index is 1.43. The largest absolute Gasteiger partial charge is 0.497 e. The Bertz CT molecular complexity index is 1630. The van der Waals surface area contributed by atoms with Gasteiger partial charge in [-0.05, 0) is 72.5 Å². The average Bonchev–Trinajstić information content (AvgIpc) is 3.13. The molecule has 0 spiro atoms. The highest BCUT2D eigenvalue weighted by Gasteiger charge is 2.33. The number of aliphatic hydroxyl groups excluding tert-OH is 1. The van der Waals surface area contributed by atoms with Gasteiger partial charge in [-0.25, -0.2) is 4.98 Å². The lowest BCUT2D eigenvalue weighted by Gasteiger charge is -2.30. The number of methoxy groups -OCH3 is 1. The van der Waals surface area contributed by atoms with Crippen molar-refractivity contribution in [3.63, 3.8) is 0 Å². The molecule has 1 atom stereocenters. The number of piperidine rings is 1. The molecule has 1 aromatic heterocycles. The Hall–Kier alpha value is -3.91. The van der Waals surface area contributed by atoms with Crippen LogP contribution in [0.15, 0.2) is 90.1 Å². The van der Waals surface area contributed by atoms with E-state index in [1.807, 2.05) is 72.8 Å². The molecular weight excluding hydrogens is 583 g/mol. The molecule has 1 N–H and O–H groups in total. The molecule has 1 saturated heterocycles. The first kappa shape index (κ1) is 29.2. The predicted octanol–water partition coefficient (Wildman–Crippen LogP) is 6.35. The lowest BCUT2D eigenvalue weighted by atomic mass is 10.0. The van der Waals surface area contributed by atoms with Gasteiger partial charge in [-0.15, -0.1) is 0 Å². The summed E-state index contributed by atoms with van der Waals surface area (Å²) in [5.74, 6) is 1.46. The third kappa shape index (κ3) is 6.39. The molecule has 6 rings (SSSR count). The summed E-state index contributed by atoms with van der Waals surface area (Å²) in [5, 5.41) is 11.1. The van der Waals surface area contributed by atoms with E-state index < -0.39 is 6.04 Å². The van der Waals surface area contributed by atoms with Gasteiger partial charge in [-0.3, -0.25) is 9.79 Å². The molecule has 4 aromatic rings. The SMILES string of the molecule is COc1ccc(CN2C(=O)C(Cc3ccccc3Cl)N=C(c3ccc(N4CCC(O)CC4)nc3)c3cc(Cl)ccc32)cc1. The number of pyridine rings is 1. The molecule has 1 unspecified atom stereocenters. The Morgan fingerprint density at radius 2 is 1.74 bits per heavy atom. The van der Waals surface area contributed by atoms with E-state index in [1.54, 1.807) is 24.3 Å². The molecule has 2 aliphatic rings. The van der Waals surface area contributed by atoms with Crippen molar-refractivity contribution in [2.45, 2.75) is 38.0 Å². The van der Waals surface area contributed by atoms with Crippen LogP contribution in [0, 0.1) is 0 Å². The zero-order valence-corrected chi connectivity index (χ0v) is 25.3. The molecule has 2 aliphatic heterocycles. The van der Waals surface area contributed by atoms with Crippen LogP contribution in [0.2, 0.25) is 10.0 Å². The summed E-state index contributed by atoms with van der Waals surface area (Å²) in [6.45, 7) is 1.85. The fourth-order valence-corrected chi connectivity index (χ4v) is 6.02. The fraction of sp³-hybridized carbons (Fsp3) is 0.265. The Morgan fingerprint density at radius 1 is 0.977 bits per heavy atom. The van der Waals surface area contributed by atoms with Crippen LogP contribution in [-0.4, -0.2) is 54.1 Å². The molecule has 220 valence electrons. The van der Waals surface area contributed by atoms with Gasteiger partial charge >= 0.3 is 0 Å². The number of benzodiazepines with no additional fused rings is 1. The van der Waals surface area contributed by atoms with Crippen molar-refractivity contribution in [2.75, 3.05) is 30.0 Å². The van der Waals surface area contributed by atoms with Crippen LogP contribution in [0.5, 0.6) is 5.75 Å². The van der Waals surface area contributed by atoms with E-state index >= 15 is 0 Å². The summed E-state index contributed by atoms with van der Waals surface area (Å²) in [6, 6.07) is 24.0. The highest BCUT2D eigenvalue weighted by atomic mass is 35.5. The van der Waals surface area contributed by atoms with Crippen LogP contribution in [-0.2, 0) is 17.8 Å². The van der Waals surface area contributed by atoms with Crippen molar-refractivity contribution in [3.8, 4) is 5.75 Å². The van der Waals surface area contributed by atoms with Gasteiger partial charge in [-0.2, -0.15) is 0 Å². The summed E-state index contributed by atoms with van der Waals surface area (Å²) in [4.78, 5) is 28.2. The number of hydrogen-bond acceptors (Lipinski definition) is 6. The topological polar surface area (TPSA) is 78.3 Å². The van der Waals surface area contributed by atoms with Gasteiger partial charge in [0.05, 0.1) is 31.2 Å². The minimum absolute atomic E-state index is 0.134. The Kier molecular flexibility index (Phi) is 8.66. The number of halogens is 2. The standard InChI is InChI=1S/C34H32Cl2N4O3/c1-43-27-10-6-22(7-11-27)21-40-31-12-9-25(35)19-28(31)33(38-30(34(40)42)18-23-4-2-3-5-29(23)36)24-8-13-32(37-20-24)39-16-14-26(41)15-17-39/h2-13,19-20,26,30,41H,14-18,21H2,1H3. The number of aromatic nitrogens is 1. The number of aliphatic hydroxyl groups is 1. The quantitative estimate of drug-likeness (QED) is 0.262. The zero-order valence-electron chi connectivity index (χ0n) is 23.8. The first-order valence-electron chi connectivity index (χ1n) is 14.3. The number of fused-ring (bicyclic) bond motifs is 1. The van der Waals surface area contributed by atoms with Gasteiger partial charge in [0.15, 0.2) is 0 Å². The number of benzene rings is 3. The van der Waals surface area contributed by atoms with Crippen LogP contribution in [0.25, 0.3) is 0 Å². The number of rotatable bonds is 7. The van der Waals surface area contributed by atoms with Crippen molar-refractivity contribution in [3.05, 3.63) is 117 Å². The second-order valence-electron chi connectivity index (χ2n) is 10.8. The normalized spacial score (nSPS) is 17.3. The third-order valence-electron chi connectivity index (χ3n) is 8.02. The molecule has 0 bridgehead atoms. The van der Waals surface area contributed by atoms with Crippen molar-refractivity contribution < 1.29 is 14.6 Å². The number of ether oxygens (including phenoxy) is 1. The molecule has 9 heteroatoms. The first-order valence-corrected chi connectivity index (χ1v) is 15.1. The van der Waals surface area contributed by atoms with Crippen LogP contribution in [0.4, 0.5) is 11.5 Å². The van der Waals surface area contributed by atoms with E-state index in [-0.39, 0.29) is 12.0 Å². The fourth-order valence-electron chi connectivity index (χ4n) is 5.63. The van der Waals surface area contributed by atoms with Gasteiger partial charge in [-0.1, -0.05) is 53.5 Å². The minimum Gasteiger partial charge on any atom is -0.497 e. The molecule has 0 saturated carbocycles. The lowest BCUT2D eigenvalue weighted by molar-refractivity contribution is -0.119. The molecule has 3 aromatic carbocycles. The molecule has 3 heterocycles. The van der Waals surface area contributed by atoms with E-state index in [4.69, 9.17) is 37.9 Å². The van der Waals surface area contributed by atoms with Crippen molar-refractivity contribution in [1.29, 1.82) is 0 Å². The van der Waals surface area contributed by atoms with E-state index in [0.29, 0.717) is 28.7 Å². The Morgan fingerprint density at radius 3 is 2.44 bits per heavy atom. The highest BCUT2D eigenvalue weighted by Crippen LogP contribution is 2.34. The molecule has 1 amide bonds. The van der Waals surface area contributed by atoms with Crippen LogP contribution < -0.4 is 14.5 Å². The third-order valence-corrected chi connectivity index (χ3v) is 8.62. The predicted molar refractivity (Wildman–Crippen MR) is 172 cm³/mol. The van der Waals surface area contributed by atoms with Crippen LogP contribution >= 0.6 is 23.2 Å². The van der Waals surface area contributed by atoms with Crippen molar-refractivity contribution in [1.82, 2.24) is 4.98 Å².